The summed E-state index contributed by atoms with van der Waals surface area (Å²) < 4.78 is 7.10. The van der Waals surface area contributed by atoms with Gasteiger partial charge < -0.3 is 10.1 Å². The molecule has 1 aromatic heterocycles. The minimum Gasteiger partial charge on any atom is -0.374 e. The highest BCUT2D eigenvalue weighted by molar-refractivity contribution is 6.32. The first-order valence-electron chi connectivity index (χ1n) is 8.30. The van der Waals surface area contributed by atoms with Crippen LogP contribution in [-0.4, -0.2) is 16.4 Å². The van der Waals surface area contributed by atoms with E-state index in [0.29, 0.717) is 18.9 Å². The molecule has 0 amide bonds. The molecule has 0 radical (unpaired) electrons. The van der Waals surface area contributed by atoms with Crippen LogP contribution in [0.4, 0.5) is 5.69 Å². The predicted molar refractivity (Wildman–Crippen MR) is 103 cm³/mol. The molecule has 0 spiro atoms. The first-order chi connectivity index (χ1) is 12.6. The zero-order chi connectivity index (χ0) is 18.4. The topological polar surface area (TPSA) is 56.1 Å². The van der Waals surface area contributed by atoms with Gasteiger partial charge in [-0.2, -0.15) is 5.10 Å². The van der Waals surface area contributed by atoms with E-state index in [1.54, 1.807) is 13.2 Å². The molecule has 1 heterocycles. The number of hydrogen-bond acceptors (Lipinski definition) is 4. The second-order valence-corrected chi connectivity index (χ2v) is 6.29. The van der Waals surface area contributed by atoms with Crippen LogP contribution in [0, 0.1) is 0 Å². The van der Waals surface area contributed by atoms with Crippen molar-refractivity contribution in [3.63, 3.8) is 0 Å². The molecule has 26 heavy (non-hydrogen) atoms. The van der Waals surface area contributed by atoms with Crippen molar-refractivity contribution in [3.8, 4) is 0 Å². The SMILES string of the molecule is Cn1ncc(NC(COCc2ccccc2)c2ccccc2)c(Cl)c1=O. The lowest BCUT2D eigenvalue weighted by Crippen LogP contribution is -2.23. The number of nitrogens with one attached hydrogen (secondary N) is 1. The Morgan fingerprint density at radius 2 is 1.77 bits per heavy atom. The van der Waals surface area contributed by atoms with Gasteiger partial charge in [0.25, 0.3) is 5.56 Å². The number of rotatable bonds is 7. The Balaban J connectivity index is 1.76. The highest BCUT2D eigenvalue weighted by atomic mass is 35.5. The number of benzene rings is 2. The molecule has 1 atom stereocenters. The fourth-order valence-corrected chi connectivity index (χ4v) is 2.80. The second-order valence-electron chi connectivity index (χ2n) is 5.91. The summed E-state index contributed by atoms with van der Waals surface area (Å²) in [7, 11) is 1.57. The van der Waals surface area contributed by atoms with E-state index >= 15 is 0 Å². The van der Waals surface area contributed by atoms with E-state index < -0.39 is 0 Å². The minimum atomic E-state index is -0.339. The number of hydrogen-bond donors (Lipinski definition) is 1. The molecule has 3 aromatic rings. The molecule has 1 unspecified atom stereocenters. The van der Waals surface area contributed by atoms with Crippen molar-refractivity contribution < 1.29 is 4.74 Å². The Kier molecular flexibility index (Phi) is 6.04. The molecule has 0 aliphatic carbocycles. The largest absolute Gasteiger partial charge is 0.374 e. The van der Waals surface area contributed by atoms with Crippen LogP contribution in [0.1, 0.15) is 17.2 Å². The quantitative estimate of drug-likeness (QED) is 0.688. The van der Waals surface area contributed by atoms with E-state index in [1.807, 2.05) is 60.7 Å². The maximum absolute atomic E-state index is 12.0. The van der Waals surface area contributed by atoms with Gasteiger partial charge in [0.2, 0.25) is 0 Å². The van der Waals surface area contributed by atoms with E-state index in [9.17, 15) is 4.79 Å². The van der Waals surface area contributed by atoms with Crippen LogP contribution >= 0.6 is 11.6 Å². The van der Waals surface area contributed by atoms with Crippen molar-refractivity contribution in [3.05, 3.63) is 93.4 Å². The van der Waals surface area contributed by atoms with E-state index in [2.05, 4.69) is 10.4 Å². The van der Waals surface area contributed by atoms with Gasteiger partial charge in [-0.1, -0.05) is 72.3 Å². The third-order valence-electron chi connectivity index (χ3n) is 4.01. The standard InChI is InChI=1S/C20H20ClN3O2/c1-24-20(25)19(21)17(12-22-24)23-18(16-10-6-3-7-11-16)14-26-13-15-8-4-2-5-9-15/h2-12,18,23H,13-14H2,1H3. The predicted octanol–water partition coefficient (Wildman–Crippen LogP) is 3.80. The average molecular weight is 370 g/mol. The Hall–Kier alpha value is -2.63. The number of aryl methyl sites for hydroxylation is 1. The number of aromatic nitrogens is 2. The van der Waals surface area contributed by atoms with E-state index in [-0.39, 0.29) is 16.6 Å². The molecule has 2 aromatic carbocycles. The lowest BCUT2D eigenvalue weighted by Gasteiger charge is -2.21. The molecule has 0 aliphatic rings. The molecular formula is C20H20ClN3O2. The molecule has 5 nitrogen and oxygen atoms in total. The van der Waals surface area contributed by atoms with Gasteiger partial charge in [-0.15, -0.1) is 0 Å². The lowest BCUT2D eigenvalue weighted by atomic mass is 10.1. The van der Waals surface area contributed by atoms with Crippen LogP contribution in [0.3, 0.4) is 0 Å². The highest BCUT2D eigenvalue weighted by Gasteiger charge is 2.15. The van der Waals surface area contributed by atoms with Gasteiger partial charge in [0.05, 0.1) is 31.1 Å². The average Bonchev–Trinajstić information content (AvgIpc) is 2.69. The molecule has 3 rings (SSSR count). The third-order valence-corrected chi connectivity index (χ3v) is 4.37. The molecule has 0 fully saturated rings. The lowest BCUT2D eigenvalue weighted by molar-refractivity contribution is 0.112. The monoisotopic (exact) mass is 369 g/mol. The van der Waals surface area contributed by atoms with Crippen molar-refractivity contribution in [1.82, 2.24) is 9.78 Å². The van der Waals surface area contributed by atoms with Crippen LogP contribution in [0.5, 0.6) is 0 Å². The van der Waals surface area contributed by atoms with Gasteiger partial charge in [0.15, 0.2) is 0 Å². The summed E-state index contributed by atoms with van der Waals surface area (Å²) in [6, 6.07) is 19.7. The molecule has 6 heteroatoms. The summed E-state index contributed by atoms with van der Waals surface area (Å²) in [6.45, 7) is 0.929. The summed E-state index contributed by atoms with van der Waals surface area (Å²) in [5.41, 5.74) is 2.30. The number of anilines is 1. The van der Waals surface area contributed by atoms with Gasteiger partial charge in [-0.05, 0) is 11.1 Å². The number of nitrogens with zero attached hydrogens (tertiary/aromatic N) is 2. The maximum Gasteiger partial charge on any atom is 0.287 e. The molecule has 1 N–H and O–H groups in total. The number of ether oxygens (including phenoxy) is 1. The van der Waals surface area contributed by atoms with Crippen molar-refractivity contribution in [2.24, 2.45) is 7.05 Å². The fraction of sp³-hybridized carbons (Fsp3) is 0.200. The molecule has 0 saturated heterocycles. The third kappa shape index (κ3) is 4.50. The van der Waals surface area contributed by atoms with E-state index in [0.717, 1.165) is 11.1 Å². The summed E-state index contributed by atoms with van der Waals surface area (Å²) >= 11 is 6.18. The first-order valence-corrected chi connectivity index (χ1v) is 8.68. The van der Waals surface area contributed by atoms with Gasteiger partial charge in [0, 0.05) is 7.05 Å². The maximum atomic E-state index is 12.0. The molecular weight excluding hydrogens is 350 g/mol. The van der Waals surface area contributed by atoms with Crippen molar-refractivity contribution >= 4 is 17.3 Å². The van der Waals surface area contributed by atoms with Crippen molar-refractivity contribution in [1.29, 1.82) is 0 Å². The van der Waals surface area contributed by atoms with E-state index in [4.69, 9.17) is 16.3 Å². The van der Waals surface area contributed by atoms with Crippen molar-refractivity contribution in [2.75, 3.05) is 11.9 Å². The Labute approximate surface area is 157 Å². The summed E-state index contributed by atoms with van der Waals surface area (Å²) in [4.78, 5) is 12.0. The number of halogens is 1. The van der Waals surface area contributed by atoms with Gasteiger partial charge in [0.1, 0.15) is 5.02 Å². The van der Waals surface area contributed by atoms with Crippen LogP contribution in [0.25, 0.3) is 0 Å². The molecule has 0 saturated carbocycles. The Morgan fingerprint density at radius 1 is 1.12 bits per heavy atom. The van der Waals surface area contributed by atoms with Gasteiger partial charge in [-0.25, -0.2) is 4.68 Å². The highest BCUT2D eigenvalue weighted by Crippen LogP contribution is 2.23. The Morgan fingerprint density at radius 3 is 2.46 bits per heavy atom. The fourth-order valence-electron chi connectivity index (χ4n) is 2.57. The van der Waals surface area contributed by atoms with Crippen LogP contribution in [0.15, 0.2) is 71.7 Å². The summed E-state index contributed by atoms with van der Waals surface area (Å²) in [5.74, 6) is 0. The van der Waals surface area contributed by atoms with Crippen molar-refractivity contribution in [2.45, 2.75) is 12.6 Å². The second kappa shape index (κ2) is 8.65. The molecule has 134 valence electrons. The molecule has 0 aliphatic heterocycles. The van der Waals surface area contributed by atoms with Gasteiger partial charge in [-0.3, -0.25) is 4.79 Å². The van der Waals surface area contributed by atoms with Crippen LogP contribution < -0.4 is 10.9 Å². The first kappa shape index (κ1) is 18.2. The Bertz CT molecular complexity index is 898. The summed E-state index contributed by atoms with van der Waals surface area (Å²) in [5, 5.41) is 7.43. The van der Waals surface area contributed by atoms with Crippen LogP contribution in [0.2, 0.25) is 5.02 Å². The zero-order valence-corrected chi connectivity index (χ0v) is 15.2. The minimum absolute atomic E-state index is 0.117. The van der Waals surface area contributed by atoms with Gasteiger partial charge >= 0.3 is 0 Å². The van der Waals surface area contributed by atoms with Crippen LogP contribution in [-0.2, 0) is 18.4 Å². The smallest absolute Gasteiger partial charge is 0.287 e. The normalized spacial score (nSPS) is 11.9. The molecule has 0 bridgehead atoms. The van der Waals surface area contributed by atoms with E-state index in [1.165, 1.54) is 4.68 Å². The summed E-state index contributed by atoms with van der Waals surface area (Å²) in [6.07, 6.45) is 1.55. The zero-order valence-electron chi connectivity index (χ0n) is 14.4.